The molecule has 0 spiro atoms. The first-order chi connectivity index (χ1) is 9.28. The molecule has 3 rings (SSSR count). The Hall–Kier alpha value is -1.62. The lowest BCUT2D eigenvalue weighted by Gasteiger charge is -2.38. The Kier molecular flexibility index (Phi) is 3.38. The fraction of sp³-hybridized carbons (Fsp3) is 0.500. The summed E-state index contributed by atoms with van der Waals surface area (Å²) < 4.78 is 14.1. The maximum absolute atomic E-state index is 14.1. The Morgan fingerprint density at radius 2 is 2.21 bits per heavy atom. The van der Waals surface area contributed by atoms with Crippen LogP contribution in [0.4, 0.5) is 15.8 Å². The molecule has 5 heteroatoms. The zero-order chi connectivity index (χ0) is 13.2. The van der Waals surface area contributed by atoms with Gasteiger partial charge in [-0.15, -0.1) is 0 Å². The number of rotatable bonds is 3. The second kappa shape index (κ2) is 5.17. The van der Waals surface area contributed by atoms with Gasteiger partial charge >= 0.3 is 0 Å². The summed E-state index contributed by atoms with van der Waals surface area (Å²) in [6.07, 6.45) is 3.03. The number of nitrogens with one attached hydrogen (secondary N) is 1. The lowest BCUT2D eigenvalue weighted by Crippen LogP contribution is -2.50. The molecule has 2 heterocycles. The van der Waals surface area contributed by atoms with Crippen molar-refractivity contribution in [1.82, 2.24) is 4.90 Å². The second-order valence-electron chi connectivity index (χ2n) is 5.21. The zero-order valence-corrected chi connectivity index (χ0v) is 10.8. The molecule has 1 aromatic rings. The largest absolute Gasteiger partial charge is 0.366 e. The first-order valence-electron chi connectivity index (χ1n) is 6.76. The maximum Gasteiger partial charge on any atom is 0.211 e. The summed E-state index contributed by atoms with van der Waals surface area (Å²) in [7, 11) is 0. The first kappa shape index (κ1) is 12.4. The molecule has 0 bridgehead atoms. The van der Waals surface area contributed by atoms with Crippen LogP contribution in [0.15, 0.2) is 18.2 Å². The van der Waals surface area contributed by atoms with Gasteiger partial charge in [0.1, 0.15) is 5.82 Å². The van der Waals surface area contributed by atoms with E-state index in [9.17, 15) is 9.18 Å². The van der Waals surface area contributed by atoms with Gasteiger partial charge in [-0.1, -0.05) is 0 Å². The van der Waals surface area contributed by atoms with Gasteiger partial charge in [0.25, 0.3) is 0 Å². The van der Waals surface area contributed by atoms with Crippen LogP contribution in [0.1, 0.15) is 12.8 Å². The van der Waals surface area contributed by atoms with Crippen molar-refractivity contribution in [3.8, 4) is 0 Å². The molecule has 0 aliphatic carbocycles. The standard InChI is InChI=1S/C14H18FN3O/c15-13-8-11(16-10-19)3-4-14(13)18-7-6-17-5-1-2-12(17)9-18/h3-4,8,10,12H,1-2,5-7,9H2,(H,16,19). The summed E-state index contributed by atoms with van der Waals surface area (Å²) in [5.41, 5.74) is 1.14. The topological polar surface area (TPSA) is 35.6 Å². The molecule has 1 amide bonds. The molecule has 2 fully saturated rings. The number of hydrogen-bond acceptors (Lipinski definition) is 3. The van der Waals surface area contributed by atoms with Crippen molar-refractivity contribution in [2.75, 3.05) is 36.4 Å². The maximum atomic E-state index is 14.1. The Balaban J connectivity index is 1.76. The molecule has 0 aromatic heterocycles. The summed E-state index contributed by atoms with van der Waals surface area (Å²) >= 11 is 0. The van der Waals surface area contributed by atoms with Gasteiger partial charge in [-0.3, -0.25) is 9.69 Å². The van der Waals surface area contributed by atoms with E-state index in [1.54, 1.807) is 12.1 Å². The molecule has 1 N–H and O–H groups in total. The van der Waals surface area contributed by atoms with Crippen molar-refractivity contribution >= 4 is 17.8 Å². The SMILES string of the molecule is O=CNc1ccc(N2CCN3CCCC3C2)c(F)c1. The quantitative estimate of drug-likeness (QED) is 0.843. The fourth-order valence-electron chi connectivity index (χ4n) is 3.13. The molecular weight excluding hydrogens is 245 g/mol. The van der Waals surface area contributed by atoms with Crippen LogP contribution < -0.4 is 10.2 Å². The van der Waals surface area contributed by atoms with Gasteiger partial charge in [-0.25, -0.2) is 4.39 Å². The van der Waals surface area contributed by atoms with Gasteiger partial charge in [-0.2, -0.15) is 0 Å². The molecule has 0 radical (unpaired) electrons. The first-order valence-corrected chi connectivity index (χ1v) is 6.76. The van der Waals surface area contributed by atoms with E-state index in [4.69, 9.17) is 0 Å². The van der Waals surface area contributed by atoms with Crippen LogP contribution in [-0.4, -0.2) is 43.5 Å². The number of piperazine rings is 1. The number of halogens is 1. The van der Waals surface area contributed by atoms with E-state index < -0.39 is 0 Å². The number of benzene rings is 1. The van der Waals surface area contributed by atoms with Crippen molar-refractivity contribution in [3.63, 3.8) is 0 Å². The van der Waals surface area contributed by atoms with Crippen LogP contribution in [0.5, 0.6) is 0 Å². The molecule has 2 aliphatic rings. The van der Waals surface area contributed by atoms with Crippen LogP contribution in [0.25, 0.3) is 0 Å². The molecule has 19 heavy (non-hydrogen) atoms. The third-order valence-corrected chi connectivity index (χ3v) is 4.10. The summed E-state index contributed by atoms with van der Waals surface area (Å²) in [5.74, 6) is -0.265. The summed E-state index contributed by atoms with van der Waals surface area (Å²) in [6.45, 7) is 3.97. The Morgan fingerprint density at radius 1 is 1.32 bits per heavy atom. The minimum Gasteiger partial charge on any atom is -0.366 e. The summed E-state index contributed by atoms with van der Waals surface area (Å²) in [5, 5.41) is 2.47. The fourth-order valence-corrected chi connectivity index (χ4v) is 3.13. The molecule has 102 valence electrons. The zero-order valence-electron chi connectivity index (χ0n) is 10.8. The molecule has 4 nitrogen and oxygen atoms in total. The predicted octanol–water partition coefficient (Wildman–Crippen LogP) is 1.68. The van der Waals surface area contributed by atoms with Crippen LogP contribution >= 0.6 is 0 Å². The molecule has 2 saturated heterocycles. The Bertz CT molecular complexity index is 480. The number of hydrogen-bond donors (Lipinski definition) is 1. The Labute approximate surface area is 112 Å². The van der Waals surface area contributed by atoms with Crippen LogP contribution in [0.2, 0.25) is 0 Å². The smallest absolute Gasteiger partial charge is 0.211 e. The van der Waals surface area contributed by atoms with E-state index in [0.717, 1.165) is 19.6 Å². The van der Waals surface area contributed by atoms with E-state index in [1.165, 1.54) is 25.5 Å². The highest BCUT2D eigenvalue weighted by Crippen LogP contribution is 2.28. The van der Waals surface area contributed by atoms with Crippen molar-refractivity contribution in [1.29, 1.82) is 0 Å². The second-order valence-corrected chi connectivity index (χ2v) is 5.21. The van der Waals surface area contributed by atoms with E-state index in [0.29, 0.717) is 23.8 Å². The van der Waals surface area contributed by atoms with Gasteiger partial charge in [0, 0.05) is 31.4 Å². The van der Waals surface area contributed by atoms with E-state index in [1.807, 2.05) is 0 Å². The monoisotopic (exact) mass is 263 g/mol. The number of anilines is 2. The lowest BCUT2D eigenvalue weighted by atomic mass is 10.1. The highest BCUT2D eigenvalue weighted by molar-refractivity contribution is 5.72. The lowest BCUT2D eigenvalue weighted by molar-refractivity contribution is -0.105. The van der Waals surface area contributed by atoms with Gasteiger partial charge in [0.05, 0.1) is 5.69 Å². The average molecular weight is 263 g/mol. The number of nitrogens with zero attached hydrogens (tertiary/aromatic N) is 2. The van der Waals surface area contributed by atoms with Gasteiger partial charge in [0.15, 0.2) is 0 Å². The molecule has 0 saturated carbocycles. The van der Waals surface area contributed by atoms with Crippen molar-refractivity contribution < 1.29 is 9.18 Å². The van der Waals surface area contributed by atoms with Crippen LogP contribution in [0, 0.1) is 5.82 Å². The van der Waals surface area contributed by atoms with Gasteiger partial charge in [-0.05, 0) is 37.6 Å². The van der Waals surface area contributed by atoms with E-state index in [2.05, 4.69) is 15.1 Å². The van der Waals surface area contributed by atoms with Crippen LogP contribution in [0.3, 0.4) is 0 Å². The van der Waals surface area contributed by atoms with Crippen LogP contribution in [-0.2, 0) is 4.79 Å². The van der Waals surface area contributed by atoms with Crippen molar-refractivity contribution in [2.45, 2.75) is 18.9 Å². The van der Waals surface area contributed by atoms with Crippen molar-refractivity contribution in [2.24, 2.45) is 0 Å². The highest BCUT2D eigenvalue weighted by atomic mass is 19.1. The third kappa shape index (κ3) is 2.42. The van der Waals surface area contributed by atoms with Gasteiger partial charge < -0.3 is 10.2 Å². The average Bonchev–Trinajstić information content (AvgIpc) is 2.86. The predicted molar refractivity (Wildman–Crippen MR) is 72.9 cm³/mol. The number of carbonyl (C=O) groups excluding carboxylic acids is 1. The van der Waals surface area contributed by atoms with E-state index >= 15 is 0 Å². The Morgan fingerprint density at radius 3 is 3.00 bits per heavy atom. The summed E-state index contributed by atoms with van der Waals surface area (Å²) in [4.78, 5) is 15.0. The molecule has 2 aliphatic heterocycles. The van der Waals surface area contributed by atoms with Gasteiger partial charge in [0.2, 0.25) is 6.41 Å². The molecular formula is C14H18FN3O. The van der Waals surface area contributed by atoms with E-state index in [-0.39, 0.29) is 5.82 Å². The number of amides is 1. The van der Waals surface area contributed by atoms with Crippen molar-refractivity contribution in [3.05, 3.63) is 24.0 Å². The molecule has 1 unspecified atom stereocenters. The summed E-state index contributed by atoms with van der Waals surface area (Å²) in [6, 6.07) is 5.45. The minimum atomic E-state index is -0.265. The molecule has 1 atom stereocenters. The number of carbonyl (C=O) groups is 1. The normalized spacial score (nSPS) is 23.2. The third-order valence-electron chi connectivity index (χ3n) is 4.10. The highest BCUT2D eigenvalue weighted by Gasteiger charge is 2.31. The minimum absolute atomic E-state index is 0.265. The molecule has 1 aromatic carbocycles. The number of fused-ring (bicyclic) bond motifs is 1.